The van der Waals surface area contributed by atoms with Crippen LogP contribution in [0.25, 0.3) is 0 Å². The van der Waals surface area contributed by atoms with Crippen LogP contribution in [0, 0.1) is 0 Å². The summed E-state index contributed by atoms with van der Waals surface area (Å²) in [5.74, 6) is -0.0868. The average Bonchev–Trinajstić information content (AvgIpc) is 3.14. The number of hydrogen-bond donors (Lipinski definition) is 3. The SMILES string of the molecule is CCCC/C=C\C/C=C\CCCCCCCC(=O)OCCCCCCCCCCCCCC(=O)NC(CO)C(O)CCCCCCCCCCCC. The largest absolute Gasteiger partial charge is 0.466 e. The number of ether oxygens (including phenoxy) is 1. The van der Waals surface area contributed by atoms with Crippen molar-refractivity contribution < 1.29 is 24.5 Å². The summed E-state index contributed by atoms with van der Waals surface area (Å²) in [6, 6.07) is -0.554. The third-order valence-electron chi connectivity index (χ3n) is 10.3. The van der Waals surface area contributed by atoms with Crippen LogP contribution in [0.4, 0.5) is 0 Å². The Morgan fingerprint density at radius 2 is 0.981 bits per heavy atom. The molecule has 306 valence electrons. The number of allylic oxidation sites excluding steroid dienone is 4. The maximum atomic E-state index is 12.4. The molecule has 0 aromatic rings. The van der Waals surface area contributed by atoms with Crippen molar-refractivity contribution in [1.82, 2.24) is 5.32 Å². The molecule has 6 heteroatoms. The molecule has 0 saturated carbocycles. The van der Waals surface area contributed by atoms with Crippen molar-refractivity contribution in [1.29, 1.82) is 0 Å². The van der Waals surface area contributed by atoms with Gasteiger partial charge in [0.15, 0.2) is 0 Å². The zero-order chi connectivity index (χ0) is 38.0. The van der Waals surface area contributed by atoms with Crippen molar-refractivity contribution in [3.63, 3.8) is 0 Å². The first-order chi connectivity index (χ1) is 25.5. The predicted molar refractivity (Wildman–Crippen MR) is 223 cm³/mol. The quantitative estimate of drug-likeness (QED) is 0.0330. The topological polar surface area (TPSA) is 95.9 Å². The van der Waals surface area contributed by atoms with Crippen LogP contribution in [0.3, 0.4) is 0 Å². The predicted octanol–water partition coefficient (Wildman–Crippen LogP) is 12.8. The van der Waals surface area contributed by atoms with Gasteiger partial charge < -0.3 is 20.3 Å². The Morgan fingerprint density at radius 3 is 1.52 bits per heavy atom. The minimum atomic E-state index is -0.675. The fourth-order valence-electron chi connectivity index (χ4n) is 6.71. The highest BCUT2D eigenvalue weighted by molar-refractivity contribution is 5.76. The Balaban J connectivity index is 3.48. The van der Waals surface area contributed by atoms with E-state index in [0.717, 1.165) is 70.6 Å². The molecule has 2 unspecified atom stereocenters. The molecule has 0 aliphatic carbocycles. The van der Waals surface area contributed by atoms with Crippen molar-refractivity contribution in [2.75, 3.05) is 13.2 Å². The van der Waals surface area contributed by atoms with Gasteiger partial charge in [0.05, 0.1) is 25.4 Å². The van der Waals surface area contributed by atoms with Gasteiger partial charge in [-0.2, -0.15) is 0 Å². The number of hydrogen-bond acceptors (Lipinski definition) is 5. The lowest BCUT2D eigenvalue weighted by Gasteiger charge is -2.22. The molecule has 1 amide bonds. The molecule has 0 bridgehead atoms. The van der Waals surface area contributed by atoms with Crippen molar-refractivity contribution in [3.05, 3.63) is 24.3 Å². The summed E-state index contributed by atoms with van der Waals surface area (Å²) in [4.78, 5) is 24.4. The van der Waals surface area contributed by atoms with Crippen molar-refractivity contribution >= 4 is 11.9 Å². The Bertz CT molecular complexity index is 813. The Morgan fingerprint density at radius 1 is 0.538 bits per heavy atom. The average molecular weight is 734 g/mol. The number of rotatable bonds is 41. The molecule has 0 saturated heterocycles. The number of carbonyl (C=O) groups excluding carboxylic acids is 2. The highest BCUT2D eigenvalue weighted by atomic mass is 16.5. The van der Waals surface area contributed by atoms with Gasteiger partial charge in [-0.3, -0.25) is 9.59 Å². The summed E-state index contributed by atoms with van der Waals surface area (Å²) >= 11 is 0. The molecule has 52 heavy (non-hydrogen) atoms. The lowest BCUT2D eigenvalue weighted by molar-refractivity contribution is -0.143. The smallest absolute Gasteiger partial charge is 0.305 e. The second kappa shape index (κ2) is 42.1. The Labute approximate surface area is 322 Å². The van der Waals surface area contributed by atoms with E-state index in [2.05, 4.69) is 43.5 Å². The molecule has 0 fully saturated rings. The van der Waals surface area contributed by atoms with E-state index in [1.807, 2.05) is 0 Å². The molecule has 0 aromatic carbocycles. The molecule has 0 spiro atoms. The van der Waals surface area contributed by atoms with Gasteiger partial charge in [0.2, 0.25) is 5.91 Å². The highest BCUT2D eigenvalue weighted by Gasteiger charge is 2.20. The van der Waals surface area contributed by atoms with Gasteiger partial charge in [-0.1, -0.05) is 192 Å². The van der Waals surface area contributed by atoms with Gasteiger partial charge in [0, 0.05) is 12.8 Å². The standard InChI is InChI=1S/C46H87NO5/c1-3-5-7-9-11-13-15-16-17-20-24-28-32-36-40-46(51)52-41-37-33-29-25-21-18-19-23-27-31-35-39-45(50)47-43(42-48)44(49)38-34-30-26-22-14-12-10-8-6-4-2/h9,11,15-16,43-44,48-49H,3-8,10,12-14,17-42H2,1-2H3,(H,47,50)/b11-9-,16-15-. The molecule has 0 heterocycles. The molecule has 0 rings (SSSR count). The third kappa shape index (κ3) is 38.1. The van der Waals surface area contributed by atoms with Gasteiger partial charge in [0.1, 0.15) is 0 Å². The van der Waals surface area contributed by atoms with Gasteiger partial charge in [-0.15, -0.1) is 0 Å². The van der Waals surface area contributed by atoms with Crippen LogP contribution in [0.15, 0.2) is 24.3 Å². The summed E-state index contributed by atoms with van der Waals surface area (Å²) in [5, 5.41) is 23.0. The first-order valence-electron chi connectivity index (χ1n) is 22.6. The van der Waals surface area contributed by atoms with Crippen molar-refractivity contribution in [2.45, 2.75) is 244 Å². The molecule has 3 N–H and O–H groups in total. The molecular formula is C46H87NO5. The zero-order valence-electron chi connectivity index (χ0n) is 34.5. The third-order valence-corrected chi connectivity index (χ3v) is 10.3. The number of esters is 1. The molecule has 6 nitrogen and oxygen atoms in total. The van der Waals surface area contributed by atoms with Crippen LogP contribution in [0.1, 0.15) is 232 Å². The van der Waals surface area contributed by atoms with Crippen LogP contribution in [0.2, 0.25) is 0 Å². The van der Waals surface area contributed by atoms with Crippen LogP contribution in [-0.2, 0) is 14.3 Å². The van der Waals surface area contributed by atoms with E-state index >= 15 is 0 Å². The maximum absolute atomic E-state index is 12.4. The molecule has 0 aromatic heterocycles. The van der Waals surface area contributed by atoms with E-state index in [9.17, 15) is 19.8 Å². The lowest BCUT2D eigenvalue weighted by Crippen LogP contribution is -2.45. The highest BCUT2D eigenvalue weighted by Crippen LogP contribution is 2.15. The summed E-state index contributed by atoms with van der Waals surface area (Å²) in [6.07, 6.45) is 47.0. The molecule has 0 aliphatic heterocycles. The molecule has 2 atom stereocenters. The fourth-order valence-corrected chi connectivity index (χ4v) is 6.71. The first-order valence-corrected chi connectivity index (χ1v) is 22.6. The number of unbranched alkanes of at least 4 members (excludes halogenated alkanes) is 26. The number of carbonyl (C=O) groups is 2. The lowest BCUT2D eigenvalue weighted by atomic mass is 10.0. The number of nitrogens with one attached hydrogen (secondary N) is 1. The first kappa shape index (κ1) is 50.3. The van der Waals surface area contributed by atoms with E-state index in [0.29, 0.717) is 25.9 Å². The summed E-state index contributed by atoms with van der Waals surface area (Å²) in [6.45, 7) is 4.83. The van der Waals surface area contributed by atoms with Crippen molar-refractivity contribution in [3.8, 4) is 0 Å². The monoisotopic (exact) mass is 734 g/mol. The minimum absolute atomic E-state index is 0.0291. The number of aliphatic hydroxyl groups is 2. The van der Waals surface area contributed by atoms with Crippen molar-refractivity contribution in [2.24, 2.45) is 0 Å². The number of aliphatic hydroxyl groups excluding tert-OH is 2. The van der Waals surface area contributed by atoms with Crippen LogP contribution >= 0.6 is 0 Å². The molecular weight excluding hydrogens is 647 g/mol. The van der Waals surface area contributed by atoms with Gasteiger partial charge in [-0.05, 0) is 51.4 Å². The molecule has 0 aliphatic rings. The van der Waals surface area contributed by atoms with E-state index < -0.39 is 12.1 Å². The Kier molecular flexibility index (Phi) is 40.7. The number of amides is 1. The zero-order valence-corrected chi connectivity index (χ0v) is 34.5. The summed E-state index contributed by atoms with van der Waals surface area (Å²) in [5.41, 5.74) is 0. The van der Waals surface area contributed by atoms with Gasteiger partial charge in [-0.25, -0.2) is 0 Å². The Hall–Kier alpha value is -1.66. The van der Waals surface area contributed by atoms with Crippen LogP contribution < -0.4 is 5.32 Å². The maximum Gasteiger partial charge on any atom is 0.305 e. The van der Waals surface area contributed by atoms with E-state index in [1.165, 1.54) is 128 Å². The van der Waals surface area contributed by atoms with E-state index in [1.54, 1.807) is 0 Å². The molecule has 0 radical (unpaired) electrons. The normalized spacial score (nSPS) is 12.9. The summed E-state index contributed by atoms with van der Waals surface area (Å²) < 4.78 is 5.43. The van der Waals surface area contributed by atoms with E-state index in [4.69, 9.17) is 4.74 Å². The minimum Gasteiger partial charge on any atom is -0.466 e. The van der Waals surface area contributed by atoms with Gasteiger partial charge in [0.25, 0.3) is 0 Å². The summed E-state index contributed by atoms with van der Waals surface area (Å²) in [7, 11) is 0. The fraction of sp³-hybridized carbons (Fsp3) is 0.870. The van der Waals surface area contributed by atoms with Crippen LogP contribution in [-0.4, -0.2) is 47.4 Å². The second-order valence-corrected chi connectivity index (χ2v) is 15.4. The van der Waals surface area contributed by atoms with E-state index in [-0.39, 0.29) is 18.5 Å². The van der Waals surface area contributed by atoms with Gasteiger partial charge >= 0.3 is 5.97 Å². The second-order valence-electron chi connectivity index (χ2n) is 15.4. The van der Waals surface area contributed by atoms with Crippen LogP contribution in [0.5, 0.6) is 0 Å².